The van der Waals surface area contributed by atoms with Gasteiger partial charge in [-0.3, -0.25) is 4.79 Å². The summed E-state index contributed by atoms with van der Waals surface area (Å²) in [5, 5.41) is 3.37. The van der Waals surface area contributed by atoms with Crippen LogP contribution < -0.4 is 5.32 Å². The number of halogens is 1. The molecule has 3 atom stereocenters. The molecule has 1 aliphatic carbocycles. The second-order valence-corrected chi connectivity index (χ2v) is 9.74. The van der Waals surface area contributed by atoms with Gasteiger partial charge in [-0.25, -0.2) is 4.79 Å². The van der Waals surface area contributed by atoms with Crippen molar-refractivity contribution >= 4 is 27.7 Å². The maximum Gasteiger partial charge on any atom is 0.336 e. The Bertz CT molecular complexity index is 1130. The highest BCUT2D eigenvalue weighted by Gasteiger charge is 2.42. The highest BCUT2D eigenvalue weighted by molar-refractivity contribution is 9.10. The number of ketones is 1. The number of benzene rings is 1. The summed E-state index contributed by atoms with van der Waals surface area (Å²) in [5.41, 5.74) is 3.57. The summed E-state index contributed by atoms with van der Waals surface area (Å²) >= 11 is 3.54. The van der Waals surface area contributed by atoms with Gasteiger partial charge in [0.2, 0.25) is 0 Å². The molecule has 7 heteroatoms. The predicted molar refractivity (Wildman–Crippen MR) is 125 cm³/mol. The van der Waals surface area contributed by atoms with E-state index in [1.165, 1.54) is 0 Å². The van der Waals surface area contributed by atoms with Gasteiger partial charge in [0, 0.05) is 46.3 Å². The summed E-state index contributed by atoms with van der Waals surface area (Å²) in [7, 11) is 0. The Morgan fingerprint density at radius 3 is 2.85 bits per heavy atom. The van der Waals surface area contributed by atoms with Crippen LogP contribution >= 0.6 is 15.9 Å². The Hall–Kier alpha value is -2.64. The van der Waals surface area contributed by atoms with Crippen LogP contribution in [-0.2, 0) is 19.1 Å². The minimum atomic E-state index is -0.485. The number of Topliss-reactive ketones (excluding diaryl/α,β-unsaturated/α-hetero) is 1. The first-order chi connectivity index (χ1) is 16.0. The Morgan fingerprint density at radius 2 is 2.12 bits per heavy atom. The van der Waals surface area contributed by atoms with E-state index in [1.54, 1.807) is 6.26 Å². The Balaban J connectivity index is 1.50. The number of hydrogen-bond donors (Lipinski definition) is 1. The van der Waals surface area contributed by atoms with Gasteiger partial charge in [-0.1, -0.05) is 28.1 Å². The molecule has 172 valence electrons. The number of esters is 1. The van der Waals surface area contributed by atoms with E-state index in [9.17, 15) is 9.59 Å². The first-order valence-corrected chi connectivity index (χ1v) is 12.1. The monoisotopic (exact) mass is 511 g/mol. The van der Waals surface area contributed by atoms with Crippen LogP contribution in [0.3, 0.4) is 0 Å². The lowest BCUT2D eigenvalue weighted by molar-refractivity contribution is -0.142. The second-order valence-electron chi connectivity index (χ2n) is 8.82. The van der Waals surface area contributed by atoms with Gasteiger partial charge < -0.3 is 19.2 Å². The lowest BCUT2D eigenvalue weighted by Crippen LogP contribution is -2.36. The third-order valence-corrected chi connectivity index (χ3v) is 7.09. The van der Waals surface area contributed by atoms with Gasteiger partial charge in [0.05, 0.1) is 17.9 Å². The van der Waals surface area contributed by atoms with E-state index in [1.807, 2.05) is 43.3 Å². The van der Waals surface area contributed by atoms with E-state index >= 15 is 0 Å². The first kappa shape index (κ1) is 22.2. The highest BCUT2D eigenvalue weighted by atomic mass is 79.9. The number of dihydropyridines is 1. The zero-order chi connectivity index (χ0) is 22.9. The highest BCUT2D eigenvalue weighted by Crippen LogP contribution is 2.46. The molecule has 1 aromatic carbocycles. The lowest BCUT2D eigenvalue weighted by atomic mass is 9.72. The second kappa shape index (κ2) is 9.31. The molecule has 33 heavy (non-hydrogen) atoms. The van der Waals surface area contributed by atoms with Crippen molar-refractivity contribution in [2.75, 3.05) is 13.2 Å². The van der Waals surface area contributed by atoms with E-state index < -0.39 is 11.9 Å². The van der Waals surface area contributed by atoms with E-state index in [0.717, 1.165) is 34.3 Å². The van der Waals surface area contributed by atoms with Crippen LogP contribution in [0.25, 0.3) is 0 Å². The van der Waals surface area contributed by atoms with Crippen LogP contribution in [0.15, 0.2) is 74.1 Å². The number of carbonyl (C=O) groups is 2. The third kappa shape index (κ3) is 4.44. The molecule has 3 heterocycles. The Morgan fingerprint density at radius 1 is 1.24 bits per heavy atom. The van der Waals surface area contributed by atoms with Crippen molar-refractivity contribution in [3.05, 3.63) is 81.0 Å². The summed E-state index contributed by atoms with van der Waals surface area (Å²) in [5.74, 6) is -0.0948. The van der Waals surface area contributed by atoms with Crippen LogP contribution in [0.1, 0.15) is 55.8 Å². The summed E-state index contributed by atoms with van der Waals surface area (Å²) in [6.07, 6.45) is 4.44. The number of rotatable bonds is 5. The molecule has 1 N–H and O–H groups in total. The average Bonchev–Trinajstić information content (AvgIpc) is 3.50. The number of carbonyl (C=O) groups excluding carboxylic acids is 2. The predicted octanol–water partition coefficient (Wildman–Crippen LogP) is 5.13. The number of ether oxygens (including phenoxy) is 2. The van der Waals surface area contributed by atoms with Crippen LogP contribution in [0, 0.1) is 0 Å². The van der Waals surface area contributed by atoms with Gasteiger partial charge in [-0.15, -0.1) is 0 Å². The summed E-state index contributed by atoms with van der Waals surface area (Å²) in [4.78, 5) is 26.8. The quantitative estimate of drug-likeness (QED) is 0.560. The fourth-order valence-electron chi connectivity index (χ4n) is 5.08. The number of nitrogens with one attached hydrogen (secondary N) is 1. The van der Waals surface area contributed by atoms with Crippen LogP contribution in [0.4, 0.5) is 0 Å². The maximum absolute atomic E-state index is 13.5. The largest absolute Gasteiger partial charge is 0.469 e. The van der Waals surface area contributed by atoms with Gasteiger partial charge in [0.15, 0.2) is 5.78 Å². The smallest absolute Gasteiger partial charge is 0.336 e. The Labute approximate surface area is 201 Å². The zero-order valence-electron chi connectivity index (χ0n) is 18.4. The number of furan rings is 1. The summed E-state index contributed by atoms with van der Waals surface area (Å²) in [6, 6.07) is 11.5. The van der Waals surface area contributed by atoms with Gasteiger partial charge in [0.1, 0.15) is 12.4 Å². The van der Waals surface area contributed by atoms with Crippen LogP contribution in [0.5, 0.6) is 0 Å². The third-order valence-electron chi connectivity index (χ3n) is 6.60. The Kier molecular flexibility index (Phi) is 6.25. The van der Waals surface area contributed by atoms with Crippen molar-refractivity contribution in [1.29, 1.82) is 0 Å². The van der Waals surface area contributed by atoms with Crippen molar-refractivity contribution in [2.45, 2.75) is 50.5 Å². The molecule has 1 saturated heterocycles. The van der Waals surface area contributed by atoms with Gasteiger partial charge in [-0.2, -0.15) is 0 Å². The van der Waals surface area contributed by atoms with Crippen molar-refractivity contribution in [3.8, 4) is 0 Å². The SMILES string of the molecule is CC1=C(C(=O)OC[C@@H]2CCCO2)[C@H](c2cccc(Br)c2)C2=C(C[C@@H](c3ccco3)CC2=O)N1. The minimum absolute atomic E-state index is 0.0204. The van der Waals surface area contributed by atoms with Gasteiger partial charge >= 0.3 is 5.97 Å². The fourth-order valence-corrected chi connectivity index (χ4v) is 5.49. The summed E-state index contributed by atoms with van der Waals surface area (Å²) < 4.78 is 17.8. The standard InChI is InChI=1S/C26H26BrNO5/c1-15-23(26(30)33-14-19-7-3-9-31-19)24(16-5-2-6-18(27)11-16)25-20(28-15)12-17(13-21(25)29)22-8-4-10-32-22/h2,4-6,8,10-11,17,19,24,28H,3,7,9,12-14H2,1H3/t17-,19+,24+/m1/s1. The van der Waals surface area contributed by atoms with Gasteiger partial charge in [0.25, 0.3) is 0 Å². The minimum Gasteiger partial charge on any atom is -0.469 e. The van der Waals surface area contributed by atoms with Crippen molar-refractivity contribution in [3.63, 3.8) is 0 Å². The molecule has 2 aromatic rings. The fraction of sp³-hybridized carbons (Fsp3) is 0.385. The van der Waals surface area contributed by atoms with E-state index in [2.05, 4.69) is 21.2 Å². The molecule has 1 fully saturated rings. The molecule has 0 spiro atoms. The molecular formula is C26H26BrNO5. The number of hydrogen-bond acceptors (Lipinski definition) is 6. The molecular weight excluding hydrogens is 486 g/mol. The van der Waals surface area contributed by atoms with Gasteiger partial charge in [-0.05, 0) is 56.0 Å². The molecule has 5 rings (SSSR count). The van der Waals surface area contributed by atoms with E-state index in [0.29, 0.717) is 36.3 Å². The first-order valence-electron chi connectivity index (χ1n) is 11.3. The average molecular weight is 512 g/mol. The molecule has 0 unspecified atom stereocenters. The summed E-state index contributed by atoms with van der Waals surface area (Å²) in [6.45, 7) is 2.80. The topological polar surface area (TPSA) is 77.8 Å². The lowest BCUT2D eigenvalue weighted by Gasteiger charge is -2.36. The van der Waals surface area contributed by atoms with Crippen molar-refractivity contribution in [1.82, 2.24) is 5.32 Å². The number of allylic oxidation sites excluding steroid dienone is 3. The van der Waals surface area contributed by atoms with Crippen LogP contribution in [-0.4, -0.2) is 31.1 Å². The van der Waals surface area contributed by atoms with Crippen molar-refractivity contribution in [2.24, 2.45) is 0 Å². The zero-order valence-corrected chi connectivity index (χ0v) is 20.0. The molecule has 6 nitrogen and oxygen atoms in total. The van der Waals surface area contributed by atoms with E-state index in [4.69, 9.17) is 13.9 Å². The van der Waals surface area contributed by atoms with E-state index in [-0.39, 0.29) is 24.4 Å². The molecule has 0 amide bonds. The molecule has 2 aliphatic heterocycles. The molecule has 0 bridgehead atoms. The maximum atomic E-state index is 13.5. The normalized spacial score (nSPS) is 25.2. The molecule has 1 aromatic heterocycles. The molecule has 0 saturated carbocycles. The van der Waals surface area contributed by atoms with Crippen molar-refractivity contribution < 1.29 is 23.5 Å². The molecule has 0 radical (unpaired) electrons. The van der Waals surface area contributed by atoms with Crippen LogP contribution in [0.2, 0.25) is 0 Å². The molecule has 3 aliphatic rings.